The fourth-order valence-electron chi connectivity index (χ4n) is 3.51. The molecule has 0 aromatic heterocycles. The zero-order chi connectivity index (χ0) is 17.3. The summed E-state index contributed by atoms with van der Waals surface area (Å²) in [4.78, 5) is 27.9. The van der Waals surface area contributed by atoms with E-state index in [9.17, 15) is 18.4 Å². The average Bonchev–Trinajstić information content (AvgIpc) is 3.02. The van der Waals surface area contributed by atoms with Gasteiger partial charge in [0.15, 0.2) is 0 Å². The summed E-state index contributed by atoms with van der Waals surface area (Å²) >= 11 is 0. The normalized spacial score (nSPS) is 19.5. The Balaban J connectivity index is 0.00000225. The molecule has 138 valence electrons. The number of benzene rings is 1. The Morgan fingerprint density at radius 3 is 1.96 bits per heavy atom. The second-order valence-corrected chi connectivity index (χ2v) is 6.54. The second kappa shape index (κ2) is 7.66. The molecule has 0 atom stereocenters. The van der Waals surface area contributed by atoms with Gasteiger partial charge in [-0.1, -0.05) is 18.9 Å². The van der Waals surface area contributed by atoms with Crippen LogP contribution in [0.2, 0.25) is 0 Å². The first-order valence-electron chi connectivity index (χ1n) is 8.24. The minimum absolute atomic E-state index is 0. The van der Waals surface area contributed by atoms with Crippen molar-refractivity contribution in [2.75, 3.05) is 26.2 Å². The molecule has 1 saturated carbocycles. The minimum atomic E-state index is -0.870. The Morgan fingerprint density at radius 2 is 1.44 bits per heavy atom. The lowest BCUT2D eigenvalue weighted by molar-refractivity contribution is -0.138. The minimum Gasteiger partial charge on any atom is -0.338 e. The van der Waals surface area contributed by atoms with Crippen LogP contribution in [0, 0.1) is 11.6 Å². The number of halogens is 3. The highest BCUT2D eigenvalue weighted by Gasteiger charge is 2.41. The van der Waals surface area contributed by atoms with Crippen LogP contribution in [0.4, 0.5) is 8.78 Å². The molecular weight excluding hydrogens is 352 g/mol. The smallest absolute Gasteiger partial charge is 0.259 e. The molecule has 1 aliphatic carbocycles. The lowest BCUT2D eigenvalue weighted by Gasteiger charge is -2.38. The molecule has 3 rings (SSSR count). The highest BCUT2D eigenvalue weighted by atomic mass is 35.5. The predicted octanol–water partition coefficient (Wildman–Crippen LogP) is 1.94. The van der Waals surface area contributed by atoms with E-state index in [-0.39, 0.29) is 31.4 Å². The Morgan fingerprint density at radius 1 is 0.960 bits per heavy atom. The number of nitrogens with zero attached hydrogens (tertiary/aromatic N) is 2. The van der Waals surface area contributed by atoms with Crippen LogP contribution in [-0.2, 0) is 4.79 Å². The van der Waals surface area contributed by atoms with Crippen LogP contribution in [0.3, 0.4) is 0 Å². The van der Waals surface area contributed by atoms with E-state index in [0.29, 0.717) is 25.9 Å². The van der Waals surface area contributed by atoms with Gasteiger partial charge in [0, 0.05) is 26.2 Å². The van der Waals surface area contributed by atoms with Crippen LogP contribution < -0.4 is 5.73 Å². The second-order valence-electron chi connectivity index (χ2n) is 6.54. The third-order valence-corrected chi connectivity index (χ3v) is 4.95. The Bertz CT molecular complexity index is 637. The average molecular weight is 374 g/mol. The fraction of sp³-hybridized carbons (Fsp3) is 0.529. The van der Waals surface area contributed by atoms with Gasteiger partial charge in [0.1, 0.15) is 17.2 Å². The van der Waals surface area contributed by atoms with Crippen molar-refractivity contribution in [2.24, 2.45) is 5.73 Å². The standard InChI is InChI=1S/C17H21F2N3O2.ClH/c18-12-4-3-5-13(19)14(12)15(23)21-8-10-22(11-9-21)16(24)17(20)6-1-2-7-17;/h3-5H,1-2,6-11,20H2;1H. The zero-order valence-corrected chi connectivity index (χ0v) is 14.7. The van der Waals surface area contributed by atoms with Crippen LogP contribution in [-0.4, -0.2) is 53.3 Å². The first-order valence-corrected chi connectivity index (χ1v) is 8.24. The molecule has 0 spiro atoms. The third-order valence-electron chi connectivity index (χ3n) is 4.95. The summed E-state index contributed by atoms with van der Waals surface area (Å²) in [5, 5.41) is 0. The van der Waals surface area contributed by atoms with Crippen LogP contribution in [0.1, 0.15) is 36.0 Å². The van der Waals surface area contributed by atoms with Crippen LogP contribution >= 0.6 is 12.4 Å². The Labute approximate surface area is 151 Å². The van der Waals surface area contributed by atoms with Crippen molar-refractivity contribution in [3.8, 4) is 0 Å². The topological polar surface area (TPSA) is 66.6 Å². The summed E-state index contributed by atoms with van der Waals surface area (Å²) in [7, 11) is 0. The summed E-state index contributed by atoms with van der Waals surface area (Å²) < 4.78 is 27.5. The number of amides is 2. The highest BCUT2D eigenvalue weighted by molar-refractivity contribution is 5.95. The molecule has 0 radical (unpaired) electrons. The molecule has 1 aliphatic heterocycles. The predicted molar refractivity (Wildman–Crippen MR) is 91.5 cm³/mol. The van der Waals surface area contributed by atoms with Crippen molar-refractivity contribution in [1.82, 2.24) is 9.80 Å². The third kappa shape index (κ3) is 3.77. The van der Waals surface area contributed by atoms with E-state index >= 15 is 0 Å². The number of hydrogen-bond acceptors (Lipinski definition) is 3. The summed E-state index contributed by atoms with van der Waals surface area (Å²) in [6.07, 6.45) is 3.28. The summed E-state index contributed by atoms with van der Waals surface area (Å²) in [6, 6.07) is 3.35. The largest absolute Gasteiger partial charge is 0.338 e. The number of nitrogens with two attached hydrogens (primary N) is 1. The van der Waals surface area contributed by atoms with Crippen LogP contribution in [0.25, 0.3) is 0 Å². The number of rotatable bonds is 2. The number of carbonyl (C=O) groups is 2. The molecule has 2 N–H and O–H groups in total. The number of hydrogen-bond donors (Lipinski definition) is 1. The van der Waals surface area contributed by atoms with Crippen molar-refractivity contribution in [1.29, 1.82) is 0 Å². The molecule has 5 nitrogen and oxygen atoms in total. The van der Waals surface area contributed by atoms with E-state index in [4.69, 9.17) is 5.73 Å². The SMILES string of the molecule is Cl.NC1(C(=O)N2CCN(C(=O)c3c(F)cccc3F)CC2)CCCC1. The van der Waals surface area contributed by atoms with Gasteiger partial charge in [0.05, 0.1) is 5.54 Å². The maximum absolute atomic E-state index is 13.7. The molecule has 2 amide bonds. The van der Waals surface area contributed by atoms with Crippen molar-refractivity contribution in [3.05, 3.63) is 35.4 Å². The summed E-state index contributed by atoms with van der Waals surface area (Å²) in [6.45, 7) is 1.15. The summed E-state index contributed by atoms with van der Waals surface area (Å²) in [5.74, 6) is -2.50. The zero-order valence-electron chi connectivity index (χ0n) is 13.8. The van der Waals surface area contributed by atoms with Crippen molar-refractivity contribution < 1.29 is 18.4 Å². The van der Waals surface area contributed by atoms with Gasteiger partial charge < -0.3 is 15.5 Å². The number of carbonyl (C=O) groups excluding carboxylic acids is 2. The van der Waals surface area contributed by atoms with Gasteiger partial charge in [-0.2, -0.15) is 0 Å². The van der Waals surface area contributed by atoms with E-state index in [0.717, 1.165) is 25.0 Å². The first-order chi connectivity index (χ1) is 11.4. The van der Waals surface area contributed by atoms with E-state index in [1.807, 2.05) is 0 Å². The quantitative estimate of drug-likeness (QED) is 0.861. The van der Waals surface area contributed by atoms with Crippen molar-refractivity contribution >= 4 is 24.2 Å². The van der Waals surface area contributed by atoms with E-state index in [2.05, 4.69) is 0 Å². The molecule has 2 aliphatic rings. The van der Waals surface area contributed by atoms with Gasteiger partial charge in [-0.05, 0) is 25.0 Å². The van der Waals surface area contributed by atoms with Crippen molar-refractivity contribution in [3.63, 3.8) is 0 Å². The van der Waals surface area contributed by atoms with Gasteiger partial charge in [0.2, 0.25) is 5.91 Å². The Hall–Kier alpha value is -1.73. The van der Waals surface area contributed by atoms with Gasteiger partial charge in [-0.3, -0.25) is 9.59 Å². The lowest BCUT2D eigenvalue weighted by atomic mass is 9.97. The molecule has 0 unspecified atom stereocenters. The molecule has 1 heterocycles. The van der Waals surface area contributed by atoms with E-state index < -0.39 is 28.6 Å². The first kappa shape index (κ1) is 19.6. The molecular formula is C17H22ClF2N3O2. The van der Waals surface area contributed by atoms with Gasteiger partial charge in [-0.25, -0.2) is 8.78 Å². The molecule has 0 bridgehead atoms. The van der Waals surface area contributed by atoms with E-state index in [1.54, 1.807) is 4.90 Å². The molecule has 2 fully saturated rings. The molecule has 8 heteroatoms. The highest BCUT2D eigenvalue weighted by Crippen LogP contribution is 2.29. The maximum atomic E-state index is 13.7. The Kier molecular flexibility index (Phi) is 6.00. The van der Waals surface area contributed by atoms with Gasteiger partial charge in [-0.15, -0.1) is 12.4 Å². The van der Waals surface area contributed by atoms with Gasteiger partial charge >= 0.3 is 0 Å². The van der Waals surface area contributed by atoms with Crippen LogP contribution in [0.5, 0.6) is 0 Å². The maximum Gasteiger partial charge on any atom is 0.259 e. The fourth-order valence-corrected chi connectivity index (χ4v) is 3.51. The molecule has 1 aromatic carbocycles. The van der Waals surface area contributed by atoms with E-state index in [1.165, 1.54) is 11.0 Å². The lowest BCUT2D eigenvalue weighted by Crippen LogP contribution is -2.59. The van der Waals surface area contributed by atoms with Gasteiger partial charge in [0.25, 0.3) is 5.91 Å². The van der Waals surface area contributed by atoms with Crippen molar-refractivity contribution in [2.45, 2.75) is 31.2 Å². The monoisotopic (exact) mass is 373 g/mol. The summed E-state index contributed by atoms with van der Waals surface area (Å²) in [5.41, 5.74) is 4.86. The molecule has 25 heavy (non-hydrogen) atoms. The number of piperazine rings is 1. The van der Waals surface area contributed by atoms with Crippen LogP contribution in [0.15, 0.2) is 18.2 Å². The molecule has 1 aromatic rings. The molecule has 1 saturated heterocycles.